The van der Waals surface area contributed by atoms with Crippen molar-refractivity contribution in [1.82, 2.24) is 4.31 Å². The third-order valence-corrected chi connectivity index (χ3v) is 8.13. The second-order valence-corrected chi connectivity index (χ2v) is 9.39. The number of aryl methyl sites for hydroxylation is 1. The van der Waals surface area contributed by atoms with Crippen LogP contribution in [0.3, 0.4) is 0 Å². The van der Waals surface area contributed by atoms with Crippen LogP contribution in [0.4, 0.5) is 0 Å². The molecule has 130 valence electrons. The summed E-state index contributed by atoms with van der Waals surface area (Å²) < 4.78 is 34.2. The van der Waals surface area contributed by atoms with Gasteiger partial charge in [0.05, 0.1) is 17.2 Å². The van der Waals surface area contributed by atoms with E-state index in [9.17, 15) is 8.42 Å². The molecular formula is C20H21NO3S. The van der Waals surface area contributed by atoms with Gasteiger partial charge in [0.25, 0.3) is 0 Å². The van der Waals surface area contributed by atoms with Crippen molar-refractivity contribution >= 4 is 16.1 Å². The minimum atomic E-state index is -3.53. The molecule has 2 atom stereocenters. The van der Waals surface area contributed by atoms with Gasteiger partial charge in [0.2, 0.25) is 10.0 Å². The highest BCUT2D eigenvalue weighted by molar-refractivity contribution is 7.89. The van der Waals surface area contributed by atoms with Crippen molar-refractivity contribution in [3.63, 3.8) is 0 Å². The molecule has 1 aromatic carbocycles. The van der Waals surface area contributed by atoms with Crippen LogP contribution in [-0.4, -0.2) is 19.3 Å². The summed E-state index contributed by atoms with van der Waals surface area (Å²) in [6.45, 7) is 2.54. The topological polar surface area (TPSA) is 50.5 Å². The van der Waals surface area contributed by atoms with E-state index in [1.54, 1.807) is 22.7 Å². The number of sulfonamides is 1. The van der Waals surface area contributed by atoms with Crippen molar-refractivity contribution in [1.29, 1.82) is 0 Å². The number of hydrogen-bond donors (Lipinski definition) is 0. The summed E-state index contributed by atoms with van der Waals surface area (Å²) in [7, 11) is -3.53. The lowest BCUT2D eigenvalue weighted by Gasteiger charge is -2.38. The van der Waals surface area contributed by atoms with Gasteiger partial charge in [-0.1, -0.05) is 23.3 Å². The Morgan fingerprint density at radius 2 is 1.96 bits per heavy atom. The Labute approximate surface area is 148 Å². The molecule has 1 spiro atoms. The molecule has 1 aromatic heterocycles. The Bertz CT molecular complexity index is 971. The second-order valence-electron chi connectivity index (χ2n) is 7.50. The molecule has 5 heteroatoms. The third-order valence-electron chi connectivity index (χ3n) is 6.25. The van der Waals surface area contributed by atoms with Crippen molar-refractivity contribution in [3.05, 3.63) is 59.1 Å². The molecule has 0 radical (unpaired) electrons. The lowest BCUT2D eigenvalue weighted by atomic mass is 9.70. The fraction of sp³-hybridized carbons (Fsp3) is 0.400. The van der Waals surface area contributed by atoms with Gasteiger partial charge in [-0.25, -0.2) is 8.42 Å². The van der Waals surface area contributed by atoms with Crippen molar-refractivity contribution < 1.29 is 12.8 Å². The molecule has 0 unspecified atom stereocenters. The largest absolute Gasteiger partial charge is 0.465 e. The maximum atomic E-state index is 13.4. The third kappa shape index (κ3) is 1.99. The summed E-state index contributed by atoms with van der Waals surface area (Å²) in [5.41, 5.74) is 3.43. The van der Waals surface area contributed by atoms with Crippen LogP contribution in [0, 0.1) is 12.3 Å². The predicted molar refractivity (Wildman–Crippen MR) is 95.4 cm³/mol. The molecule has 5 rings (SSSR count). The van der Waals surface area contributed by atoms with Gasteiger partial charge in [0.15, 0.2) is 0 Å². The Balaban J connectivity index is 1.65. The van der Waals surface area contributed by atoms with Crippen LogP contribution in [0.5, 0.6) is 0 Å². The molecule has 2 aliphatic carbocycles. The minimum Gasteiger partial charge on any atom is -0.465 e. The normalized spacial score (nSPS) is 28.4. The van der Waals surface area contributed by atoms with Gasteiger partial charge in [0.1, 0.15) is 5.76 Å². The first-order chi connectivity index (χ1) is 12.0. The number of furan rings is 1. The second kappa shape index (κ2) is 5.08. The van der Waals surface area contributed by atoms with E-state index < -0.39 is 10.0 Å². The average molecular weight is 355 g/mol. The van der Waals surface area contributed by atoms with Crippen LogP contribution >= 0.6 is 0 Å². The van der Waals surface area contributed by atoms with E-state index in [1.165, 1.54) is 5.57 Å². The van der Waals surface area contributed by atoms with Crippen molar-refractivity contribution in [2.45, 2.75) is 43.5 Å². The van der Waals surface area contributed by atoms with E-state index >= 15 is 0 Å². The summed E-state index contributed by atoms with van der Waals surface area (Å²) >= 11 is 0. The first-order valence-electron chi connectivity index (χ1n) is 8.89. The van der Waals surface area contributed by atoms with E-state index in [2.05, 4.69) is 6.08 Å². The minimum absolute atomic E-state index is 0.0331. The number of fused-ring (bicyclic) bond motifs is 2. The summed E-state index contributed by atoms with van der Waals surface area (Å²) in [4.78, 5) is 0.384. The van der Waals surface area contributed by atoms with Gasteiger partial charge < -0.3 is 4.42 Å². The van der Waals surface area contributed by atoms with Gasteiger partial charge in [-0.2, -0.15) is 4.31 Å². The molecule has 0 amide bonds. The molecule has 4 nitrogen and oxygen atoms in total. The standard InChI is InChI=1S/C20H21NO3S/c1-14-4-6-16(7-5-14)25(22,23)21-11-10-20-9-2-3-15(20)13-18-17(19(20)21)8-12-24-18/h4-8,12-13,19H,2-3,9-11H2,1H3/t19-,20+/m0/s1. The Morgan fingerprint density at radius 1 is 1.16 bits per heavy atom. The lowest BCUT2D eigenvalue weighted by molar-refractivity contribution is 0.257. The molecule has 2 fully saturated rings. The zero-order chi connectivity index (χ0) is 17.2. The van der Waals surface area contributed by atoms with Crippen molar-refractivity contribution in [3.8, 4) is 0 Å². The van der Waals surface area contributed by atoms with Crippen molar-refractivity contribution in [2.75, 3.05) is 6.54 Å². The van der Waals surface area contributed by atoms with E-state index in [-0.39, 0.29) is 11.5 Å². The van der Waals surface area contributed by atoms with Gasteiger partial charge in [-0.05, 0) is 56.9 Å². The quantitative estimate of drug-likeness (QED) is 0.807. The number of nitrogens with zero attached hydrogens (tertiary/aromatic N) is 1. The zero-order valence-electron chi connectivity index (χ0n) is 14.2. The highest BCUT2D eigenvalue weighted by Crippen LogP contribution is 2.63. The molecule has 2 aromatic rings. The van der Waals surface area contributed by atoms with E-state index in [1.807, 2.05) is 25.1 Å². The van der Waals surface area contributed by atoms with Crippen LogP contribution in [0.25, 0.3) is 6.08 Å². The maximum absolute atomic E-state index is 13.4. The van der Waals surface area contributed by atoms with Gasteiger partial charge in [-0.15, -0.1) is 0 Å². The van der Waals surface area contributed by atoms with Crippen LogP contribution in [0.2, 0.25) is 0 Å². The van der Waals surface area contributed by atoms with Crippen LogP contribution in [-0.2, 0) is 10.0 Å². The molecular weight excluding hydrogens is 334 g/mol. The fourth-order valence-corrected chi connectivity index (χ4v) is 6.73. The molecule has 0 N–H and O–H groups in total. The molecule has 1 saturated carbocycles. The summed E-state index contributed by atoms with van der Waals surface area (Å²) in [5.74, 6) is 0.837. The highest BCUT2D eigenvalue weighted by atomic mass is 32.2. The van der Waals surface area contributed by atoms with E-state index in [4.69, 9.17) is 4.42 Å². The van der Waals surface area contributed by atoms with Crippen LogP contribution in [0.15, 0.2) is 51.5 Å². The van der Waals surface area contributed by atoms with E-state index in [0.717, 1.165) is 42.6 Å². The highest BCUT2D eigenvalue weighted by Gasteiger charge is 2.57. The van der Waals surface area contributed by atoms with E-state index in [0.29, 0.717) is 11.4 Å². The molecule has 25 heavy (non-hydrogen) atoms. The van der Waals surface area contributed by atoms with Crippen LogP contribution in [0.1, 0.15) is 48.6 Å². The average Bonchev–Trinajstić information content (AvgIpc) is 3.29. The zero-order valence-corrected chi connectivity index (χ0v) is 15.1. The van der Waals surface area contributed by atoms with Crippen molar-refractivity contribution in [2.24, 2.45) is 5.41 Å². The fourth-order valence-electron chi connectivity index (χ4n) is 5.06. The lowest BCUT2D eigenvalue weighted by Crippen LogP contribution is -2.37. The number of benzene rings is 1. The number of rotatable bonds is 2. The Kier molecular flexibility index (Phi) is 3.13. The molecule has 1 saturated heterocycles. The SMILES string of the molecule is Cc1ccc(S(=O)(=O)N2CC[C@]34CCCC3=Cc3occc3[C@H]24)cc1. The summed E-state index contributed by atoms with van der Waals surface area (Å²) in [5, 5.41) is 0. The molecule has 3 aliphatic rings. The van der Waals surface area contributed by atoms with Gasteiger partial charge in [0, 0.05) is 17.5 Å². The Morgan fingerprint density at radius 3 is 2.76 bits per heavy atom. The maximum Gasteiger partial charge on any atom is 0.243 e. The predicted octanol–water partition coefficient (Wildman–Crippen LogP) is 4.29. The molecule has 2 heterocycles. The van der Waals surface area contributed by atoms with Gasteiger partial charge in [-0.3, -0.25) is 0 Å². The monoisotopic (exact) mass is 355 g/mol. The Hall–Kier alpha value is -1.85. The van der Waals surface area contributed by atoms with Crippen LogP contribution < -0.4 is 0 Å². The smallest absolute Gasteiger partial charge is 0.243 e. The number of hydrogen-bond acceptors (Lipinski definition) is 3. The molecule has 1 aliphatic heterocycles. The molecule has 0 bridgehead atoms. The summed E-state index contributed by atoms with van der Waals surface area (Å²) in [6, 6.07) is 9.00. The van der Waals surface area contributed by atoms with Gasteiger partial charge >= 0.3 is 0 Å². The first kappa shape index (κ1) is 15.4. The first-order valence-corrected chi connectivity index (χ1v) is 10.3. The summed E-state index contributed by atoms with van der Waals surface area (Å²) in [6.07, 6.45) is 8.00.